The van der Waals surface area contributed by atoms with Crippen LogP contribution in [0.5, 0.6) is 0 Å². The number of hydrogen-bond acceptors (Lipinski definition) is 4. The van der Waals surface area contributed by atoms with E-state index in [4.69, 9.17) is 11.6 Å². The van der Waals surface area contributed by atoms with E-state index >= 15 is 0 Å². The maximum Gasteiger partial charge on any atom is 0.264 e. The molecule has 0 aliphatic rings. The smallest absolute Gasteiger partial charge is 0.264 e. The number of carbonyl (C=O) groups excluding carboxylic acids is 2. The van der Waals surface area contributed by atoms with Gasteiger partial charge in [0.1, 0.15) is 12.6 Å². The SMILES string of the molecule is CCC(C(=O)NC(C)(C)C)N(Cc1cccc(C)c1)C(=O)CN(c1ccc(C)c(Cl)c1)S(=O)(=O)c1ccc(C)cc1. The Bertz CT molecular complexity index is 1500. The molecule has 3 aromatic carbocycles. The number of rotatable bonds is 10. The highest BCUT2D eigenvalue weighted by Gasteiger charge is 2.34. The van der Waals surface area contributed by atoms with Gasteiger partial charge in [-0.05, 0) is 83.4 Å². The second-order valence-corrected chi connectivity index (χ2v) is 13.7. The summed E-state index contributed by atoms with van der Waals surface area (Å²) < 4.78 is 29.1. The lowest BCUT2D eigenvalue weighted by atomic mass is 10.0. The molecular formula is C32H40ClN3O4S. The highest BCUT2D eigenvalue weighted by atomic mass is 35.5. The highest BCUT2D eigenvalue weighted by molar-refractivity contribution is 7.92. The number of hydrogen-bond donors (Lipinski definition) is 1. The predicted octanol–water partition coefficient (Wildman–Crippen LogP) is 6.18. The van der Waals surface area contributed by atoms with Gasteiger partial charge in [-0.15, -0.1) is 0 Å². The van der Waals surface area contributed by atoms with Crippen LogP contribution in [0.15, 0.2) is 71.6 Å². The van der Waals surface area contributed by atoms with Crippen molar-refractivity contribution < 1.29 is 18.0 Å². The molecule has 1 unspecified atom stereocenters. The van der Waals surface area contributed by atoms with E-state index in [9.17, 15) is 18.0 Å². The molecule has 3 rings (SSSR count). The molecule has 7 nitrogen and oxygen atoms in total. The van der Waals surface area contributed by atoms with Gasteiger partial charge < -0.3 is 10.2 Å². The van der Waals surface area contributed by atoms with Gasteiger partial charge in [-0.25, -0.2) is 8.42 Å². The molecule has 0 aliphatic heterocycles. The zero-order chi connectivity index (χ0) is 30.5. The number of benzene rings is 3. The second kappa shape index (κ2) is 13.1. The lowest BCUT2D eigenvalue weighted by molar-refractivity contribution is -0.141. The lowest BCUT2D eigenvalue weighted by Gasteiger charge is -2.35. The fraction of sp³-hybridized carbons (Fsp3) is 0.375. The topological polar surface area (TPSA) is 86.8 Å². The van der Waals surface area contributed by atoms with Gasteiger partial charge in [0.25, 0.3) is 10.0 Å². The van der Waals surface area contributed by atoms with Crippen LogP contribution in [-0.4, -0.2) is 43.3 Å². The standard InChI is InChI=1S/C32H40ClN3O4S/c1-8-29(31(38)34-32(5,6)7)35(20-25-11-9-10-23(3)18-25)30(37)21-36(26-15-14-24(4)28(33)19-26)41(39,40)27-16-12-22(2)13-17-27/h9-19,29H,8,20-21H2,1-7H3,(H,34,38). The van der Waals surface area contributed by atoms with E-state index in [2.05, 4.69) is 5.32 Å². The van der Waals surface area contributed by atoms with Crippen molar-refractivity contribution in [3.63, 3.8) is 0 Å². The van der Waals surface area contributed by atoms with Crippen LogP contribution >= 0.6 is 11.6 Å². The molecule has 1 N–H and O–H groups in total. The Morgan fingerprint density at radius 2 is 1.59 bits per heavy atom. The number of carbonyl (C=O) groups is 2. The molecule has 0 bridgehead atoms. The van der Waals surface area contributed by atoms with Gasteiger partial charge in [-0.1, -0.05) is 72.1 Å². The third-order valence-corrected chi connectivity index (χ3v) is 8.85. The molecule has 3 aromatic rings. The number of aryl methyl sites for hydroxylation is 3. The maximum absolute atomic E-state index is 14.2. The minimum atomic E-state index is -4.16. The van der Waals surface area contributed by atoms with Crippen molar-refractivity contribution in [2.24, 2.45) is 0 Å². The van der Waals surface area contributed by atoms with Crippen molar-refractivity contribution in [3.8, 4) is 0 Å². The van der Waals surface area contributed by atoms with E-state index < -0.39 is 34.1 Å². The summed E-state index contributed by atoms with van der Waals surface area (Å²) in [5, 5.41) is 3.36. The first-order chi connectivity index (χ1) is 19.1. The lowest BCUT2D eigenvalue weighted by Crippen LogP contribution is -2.55. The molecule has 0 radical (unpaired) electrons. The third-order valence-electron chi connectivity index (χ3n) is 6.65. The van der Waals surface area contributed by atoms with E-state index in [1.807, 2.05) is 72.7 Å². The van der Waals surface area contributed by atoms with Gasteiger partial charge >= 0.3 is 0 Å². The van der Waals surface area contributed by atoms with Crippen LogP contribution < -0.4 is 9.62 Å². The molecule has 0 saturated carbocycles. The third kappa shape index (κ3) is 8.33. The van der Waals surface area contributed by atoms with E-state index in [0.29, 0.717) is 11.4 Å². The molecule has 0 spiro atoms. The summed E-state index contributed by atoms with van der Waals surface area (Å²) in [6.07, 6.45) is 0.348. The molecule has 0 aliphatic carbocycles. The molecule has 9 heteroatoms. The number of nitrogens with zero attached hydrogens (tertiary/aromatic N) is 2. The molecule has 2 amide bonds. The molecular weight excluding hydrogens is 558 g/mol. The number of halogens is 1. The first kappa shape index (κ1) is 32.2. The van der Waals surface area contributed by atoms with Crippen molar-refractivity contribution in [3.05, 3.63) is 94.0 Å². The summed E-state index contributed by atoms with van der Waals surface area (Å²) in [5.74, 6) is -0.804. The van der Waals surface area contributed by atoms with Crippen LogP contribution in [0, 0.1) is 20.8 Å². The fourth-order valence-corrected chi connectivity index (χ4v) is 6.06. The molecule has 1 atom stereocenters. The van der Waals surface area contributed by atoms with Crippen LogP contribution in [-0.2, 0) is 26.2 Å². The van der Waals surface area contributed by atoms with Crippen LogP contribution in [0.4, 0.5) is 5.69 Å². The number of anilines is 1. The minimum absolute atomic E-state index is 0.0512. The van der Waals surface area contributed by atoms with Gasteiger partial charge in [0, 0.05) is 17.1 Å². The van der Waals surface area contributed by atoms with Gasteiger partial charge in [0.15, 0.2) is 0 Å². The van der Waals surface area contributed by atoms with Gasteiger partial charge in [-0.2, -0.15) is 0 Å². The fourth-order valence-electron chi connectivity index (χ4n) is 4.48. The summed E-state index contributed by atoms with van der Waals surface area (Å²) in [6, 6.07) is 18.2. The largest absolute Gasteiger partial charge is 0.350 e. The first-order valence-corrected chi connectivity index (χ1v) is 15.5. The van der Waals surface area contributed by atoms with Crippen molar-refractivity contribution in [1.82, 2.24) is 10.2 Å². The Morgan fingerprint density at radius 1 is 0.927 bits per heavy atom. The van der Waals surface area contributed by atoms with Crippen molar-refractivity contribution in [2.75, 3.05) is 10.8 Å². The van der Waals surface area contributed by atoms with E-state index in [1.165, 1.54) is 17.0 Å². The van der Waals surface area contributed by atoms with Crippen LogP contribution in [0.25, 0.3) is 0 Å². The normalized spacial score (nSPS) is 12.5. The average molecular weight is 598 g/mol. The van der Waals surface area contributed by atoms with E-state index in [-0.39, 0.29) is 23.0 Å². The predicted molar refractivity (Wildman–Crippen MR) is 166 cm³/mol. The molecule has 0 heterocycles. The average Bonchev–Trinajstić information content (AvgIpc) is 2.88. The quantitative estimate of drug-likeness (QED) is 0.302. The molecule has 0 saturated heterocycles. The van der Waals surface area contributed by atoms with E-state index in [0.717, 1.165) is 26.6 Å². The summed E-state index contributed by atoms with van der Waals surface area (Å²) in [5.41, 5.74) is 3.29. The zero-order valence-electron chi connectivity index (χ0n) is 24.9. The van der Waals surface area contributed by atoms with Crippen LogP contribution in [0.2, 0.25) is 5.02 Å². The Labute approximate surface area is 249 Å². The Balaban J connectivity index is 2.10. The first-order valence-electron chi connectivity index (χ1n) is 13.6. The number of amides is 2. The van der Waals surface area contributed by atoms with Gasteiger partial charge in [-0.3, -0.25) is 13.9 Å². The highest BCUT2D eigenvalue weighted by Crippen LogP contribution is 2.29. The van der Waals surface area contributed by atoms with Gasteiger partial charge in [0.05, 0.1) is 10.6 Å². The van der Waals surface area contributed by atoms with Crippen molar-refractivity contribution in [2.45, 2.75) is 77.9 Å². The maximum atomic E-state index is 14.2. The molecule has 0 fully saturated rings. The summed E-state index contributed by atoms with van der Waals surface area (Å²) in [6.45, 7) is 12.7. The number of sulfonamides is 1. The monoisotopic (exact) mass is 597 g/mol. The summed E-state index contributed by atoms with van der Waals surface area (Å²) in [7, 11) is -4.16. The van der Waals surface area contributed by atoms with Crippen molar-refractivity contribution in [1.29, 1.82) is 0 Å². The molecule has 220 valence electrons. The molecule has 0 aromatic heterocycles. The Hall–Kier alpha value is -3.36. The zero-order valence-corrected chi connectivity index (χ0v) is 26.4. The second-order valence-electron chi connectivity index (χ2n) is 11.4. The Morgan fingerprint density at radius 3 is 2.15 bits per heavy atom. The summed E-state index contributed by atoms with van der Waals surface area (Å²) >= 11 is 6.40. The summed E-state index contributed by atoms with van der Waals surface area (Å²) in [4.78, 5) is 29.1. The van der Waals surface area contributed by atoms with Crippen LogP contribution in [0.3, 0.4) is 0 Å². The minimum Gasteiger partial charge on any atom is -0.350 e. The van der Waals surface area contributed by atoms with Crippen LogP contribution in [0.1, 0.15) is 56.4 Å². The Kier molecular flexibility index (Phi) is 10.3. The van der Waals surface area contributed by atoms with Gasteiger partial charge in [0.2, 0.25) is 11.8 Å². The number of nitrogens with one attached hydrogen (secondary N) is 1. The van der Waals surface area contributed by atoms with E-state index in [1.54, 1.807) is 30.3 Å². The van der Waals surface area contributed by atoms with Crippen molar-refractivity contribution >= 4 is 39.1 Å². The molecule has 41 heavy (non-hydrogen) atoms.